The first-order valence-corrected chi connectivity index (χ1v) is 11.5. The van der Waals surface area contributed by atoms with Crippen LogP contribution < -0.4 is 0 Å². The molecule has 27 heavy (non-hydrogen) atoms. The van der Waals surface area contributed by atoms with Gasteiger partial charge in [0.2, 0.25) is 0 Å². The zero-order valence-corrected chi connectivity index (χ0v) is 16.5. The lowest BCUT2D eigenvalue weighted by molar-refractivity contribution is 0.343. The van der Waals surface area contributed by atoms with E-state index in [0.29, 0.717) is 17.6 Å². The molecule has 2 saturated carbocycles. The second-order valence-electron chi connectivity index (χ2n) is 8.60. The molecule has 0 radical (unpaired) electrons. The van der Waals surface area contributed by atoms with Crippen LogP contribution in [0.25, 0.3) is 16.8 Å². The fourth-order valence-electron chi connectivity index (χ4n) is 4.88. The van der Waals surface area contributed by atoms with Gasteiger partial charge in [-0.1, -0.05) is 13.8 Å². The Morgan fingerprint density at radius 3 is 2.81 bits per heavy atom. The van der Waals surface area contributed by atoms with Crippen LogP contribution in [-0.4, -0.2) is 44.0 Å². The van der Waals surface area contributed by atoms with E-state index in [-0.39, 0.29) is 17.1 Å². The first kappa shape index (κ1) is 17.2. The zero-order valence-electron chi connectivity index (χ0n) is 15.7. The maximum atomic E-state index is 12.5. The Morgan fingerprint density at radius 1 is 1.26 bits per heavy atom. The van der Waals surface area contributed by atoms with Gasteiger partial charge in [-0.25, -0.2) is 13.4 Å². The zero-order chi connectivity index (χ0) is 18.8. The Balaban J connectivity index is 1.53. The highest BCUT2D eigenvalue weighted by molar-refractivity contribution is 7.92. The van der Waals surface area contributed by atoms with Crippen molar-refractivity contribution in [2.45, 2.75) is 50.7 Å². The van der Waals surface area contributed by atoms with Crippen molar-refractivity contribution >= 4 is 26.6 Å². The molecule has 8 heteroatoms. The number of hydrogen-bond acceptors (Lipinski definition) is 5. The number of sulfone groups is 1. The van der Waals surface area contributed by atoms with Crippen molar-refractivity contribution in [3.63, 3.8) is 0 Å². The molecule has 3 aromatic rings. The molecule has 0 aliphatic heterocycles. The number of nitrogens with one attached hydrogen (secondary N) is 1. The molecule has 0 unspecified atom stereocenters. The van der Waals surface area contributed by atoms with E-state index in [4.69, 9.17) is 0 Å². The highest BCUT2D eigenvalue weighted by Gasteiger charge is 2.44. The predicted octanol–water partition coefficient (Wildman–Crippen LogP) is 2.95. The fourth-order valence-corrected chi connectivity index (χ4v) is 6.93. The second kappa shape index (κ2) is 6.02. The van der Waals surface area contributed by atoms with Crippen molar-refractivity contribution in [1.82, 2.24) is 24.6 Å². The van der Waals surface area contributed by atoms with Crippen LogP contribution in [0, 0.1) is 17.8 Å². The number of aromatic amines is 1. The third kappa shape index (κ3) is 2.85. The van der Waals surface area contributed by atoms with E-state index in [1.165, 1.54) is 0 Å². The Kier molecular flexibility index (Phi) is 3.83. The molecule has 0 bridgehead atoms. The van der Waals surface area contributed by atoms with E-state index in [0.717, 1.165) is 48.3 Å². The number of rotatable bonds is 5. The van der Waals surface area contributed by atoms with Crippen LogP contribution in [0.5, 0.6) is 0 Å². The summed E-state index contributed by atoms with van der Waals surface area (Å²) in [4.78, 5) is 7.54. The molecule has 0 spiro atoms. The third-order valence-electron chi connectivity index (χ3n) is 6.36. The average molecular weight is 388 g/mol. The van der Waals surface area contributed by atoms with Crippen LogP contribution in [0.2, 0.25) is 0 Å². The number of aromatic nitrogens is 5. The number of fused-ring (bicyclic) bond motifs is 3. The fraction of sp³-hybridized carbons (Fsp3) is 0.632. The van der Waals surface area contributed by atoms with E-state index >= 15 is 0 Å². The first-order chi connectivity index (χ1) is 12.9. The summed E-state index contributed by atoms with van der Waals surface area (Å²) in [6.07, 6.45) is 7.12. The van der Waals surface area contributed by atoms with Gasteiger partial charge in [-0.15, -0.1) is 10.2 Å². The first-order valence-electron chi connectivity index (χ1n) is 9.82. The molecule has 0 amide bonds. The lowest BCUT2D eigenvalue weighted by Gasteiger charge is -2.21. The highest BCUT2D eigenvalue weighted by atomic mass is 32.2. The van der Waals surface area contributed by atoms with E-state index < -0.39 is 9.84 Å². The number of H-pyrrole nitrogens is 1. The van der Waals surface area contributed by atoms with Crippen molar-refractivity contribution in [2.75, 3.05) is 5.75 Å². The van der Waals surface area contributed by atoms with Crippen LogP contribution in [-0.2, 0) is 9.84 Å². The molecule has 3 aromatic heterocycles. The van der Waals surface area contributed by atoms with Gasteiger partial charge in [-0.2, -0.15) is 0 Å². The molecule has 1 N–H and O–H groups in total. The van der Waals surface area contributed by atoms with Crippen LogP contribution in [0.1, 0.15) is 51.3 Å². The minimum atomic E-state index is -2.94. The van der Waals surface area contributed by atoms with Gasteiger partial charge in [0, 0.05) is 12.1 Å². The molecule has 2 fully saturated rings. The summed E-state index contributed by atoms with van der Waals surface area (Å²) in [5.74, 6) is 2.60. The quantitative estimate of drug-likeness (QED) is 0.726. The third-order valence-corrected chi connectivity index (χ3v) is 8.79. The molecule has 3 atom stereocenters. The number of nitrogens with zero attached hydrogens (tertiary/aromatic N) is 4. The van der Waals surface area contributed by atoms with Gasteiger partial charge in [-0.05, 0) is 49.5 Å². The molecule has 144 valence electrons. The van der Waals surface area contributed by atoms with Gasteiger partial charge in [0.1, 0.15) is 5.82 Å². The van der Waals surface area contributed by atoms with Gasteiger partial charge < -0.3 is 4.98 Å². The van der Waals surface area contributed by atoms with Gasteiger partial charge in [0.05, 0.1) is 22.7 Å². The number of hydrogen-bond donors (Lipinski definition) is 1. The summed E-state index contributed by atoms with van der Waals surface area (Å²) in [7, 11) is -2.94. The molecule has 0 saturated heterocycles. The summed E-state index contributed by atoms with van der Waals surface area (Å²) in [5.41, 5.74) is 2.54. The normalized spacial score (nSPS) is 26.6. The van der Waals surface area contributed by atoms with E-state index in [2.05, 4.69) is 38.4 Å². The van der Waals surface area contributed by atoms with Gasteiger partial charge >= 0.3 is 0 Å². The molecule has 7 nitrogen and oxygen atoms in total. The van der Waals surface area contributed by atoms with Gasteiger partial charge in [0.15, 0.2) is 21.1 Å². The monoisotopic (exact) mass is 387 g/mol. The lowest BCUT2D eigenvalue weighted by Crippen LogP contribution is -2.18. The van der Waals surface area contributed by atoms with E-state index in [1.54, 1.807) is 6.20 Å². The summed E-state index contributed by atoms with van der Waals surface area (Å²) < 4.78 is 27.1. The summed E-state index contributed by atoms with van der Waals surface area (Å²) in [6.45, 7) is 4.46. The van der Waals surface area contributed by atoms with E-state index in [9.17, 15) is 8.42 Å². The summed E-state index contributed by atoms with van der Waals surface area (Å²) >= 11 is 0. The molecule has 0 aromatic carbocycles. The molecule has 5 rings (SSSR count). The standard InChI is InChI=1S/C19H25N5O2S/c1-11(2)14-7-12(10-27(25,26)13-3-4-13)8-15(14)19-23-22-17-9-21-18-16(24(17)19)5-6-20-18/h5-6,9,11-15,20H,3-4,7-8,10H2,1-2H3/t12-,14-,15+/m0/s1. The van der Waals surface area contributed by atoms with Crippen molar-refractivity contribution in [2.24, 2.45) is 17.8 Å². The van der Waals surface area contributed by atoms with Crippen LogP contribution in [0.4, 0.5) is 0 Å². The van der Waals surface area contributed by atoms with Crippen LogP contribution in [0.3, 0.4) is 0 Å². The predicted molar refractivity (Wildman–Crippen MR) is 103 cm³/mol. The Bertz CT molecular complexity index is 1100. The molecule has 2 aliphatic carbocycles. The molecular formula is C19H25N5O2S. The van der Waals surface area contributed by atoms with E-state index in [1.807, 2.05) is 12.3 Å². The van der Waals surface area contributed by atoms with Crippen molar-refractivity contribution < 1.29 is 8.42 Å². The van der Waals surface area contributed by atoms with Gasteiger partial charge in [-0.3, -0.25) is 4.40 Å². The molecule has 2 aliphatic rings. The maximum Gasteiger partial charge on any atom is 0.179 e. The minimum Gasteiger partial charge on any atom is -0.345 e. The van der Waals surface area contributed by atoms with Crippen molar-refractivity contribution in [1.29, 1.82) is 0 Å². The lowest BCUT2D eigenvalue weighted by atomic mass is 9.85. The summed E-state index contributed by atoms with van der Waals surface area (Å²) in [5, 5.41) is 8.80. The molecule has 3 heterocycles. The topological polar surface area (TPSA) is 93.0 Å². The minimum absolute atomic E-state index is 0.0754. The van der Waals surface area contributed by atoms with Crippen molar-refractivity contribution in [3.05, 3.63) is 24.3 Å². The Labute approximate surface area is 158 Å². The SMILES string of the molecule is CC(C)[C@@H]1C[C@H](CS(=O)(=O)C2CC2)C[C@H]1c1nnc2cnc3[nH]ccc3n12. The van der Waals surface area contributed by atoms with Crippen molar-refractivity contribution in [3.8, 4) is 0 Å². The van der Waals surface area contributed by atoms with Gasteiger partial charge in [0.25, 0.3) is 0 Å². The highest BCUT2D eigenvalue weighted by Crippen LogP contribution is 2.47. The maximum absolute atomic E-state index is 12.5. The smallest absolute Gasteiger partial charge is 0.179 e. The van der Waals surface area contributed by atoms with Crippen LogP contribution in [0.15, 0.2) is 18.5 Å². The molecular weight excluding hydrogens is 362 g/mol. The Morgan fingerprint density at radius 2 is 2.07 bits per heavy atom. The summed E-state index contributed by atoms with van der Waals surface area (Å²) in [6, 6.07) is 2.00. The Hall–Kier alpha value is -1.96. The average Bonchev–Trinajstić information content (AvgIpc) is 3.05. The second-order valence-corrected chi connectivity index (χ2v) is 10.9. The van der Waals surface area contributed by atoms with Crippen LogP contribution >= 0.6 is 0 Å². The largest absolute Gasteiger partial charge is 0.345 e.